The van der Waals surface area contributed by atoms with Crippen LogP contribution in [-0.2, 0) is 16.0 Å². The molecule has 1 aromatic carbocycles. The average molecular weight is 288 g/mol. The van der Waals surface area contributed by atoms with Crippen LogP contribution >= 0.6 is 0 Å². The first kappa shape index (κ1) is 14.5. The van der Waals surface area contributed by atoms with Crippen molar-refractivity contribution >= 4 is 5.91 Å². The van der Waals surface area contributed by atoms with E-state index in [-0.39, 0.29) is 5.91 Å². The molecule has 114 valence electrons. The molecule has 0 aliphatic carbocycles. The molecule has 0 aromatic heterocycles. The zero-order chi connectivity index (χ0) is 14.7. The Bertz CT molecular complexity index is 495. The molecule has 4 heteroatoms. The average Bonchev–Trinajstić information content (AvgIpc) is 2.82. The van der Waals surface area contributed by atoms with E-state index in [4.69, 9.17) is 4.74 Å². The lowest BCUT2D eigenvalue weighted by atomic mass is 9.96. The molecule has 2 heterocycles. The first-order valence-electron chi connectivity index (χ1n) is 7.94. The van der Waals surface area contributed by atoms with Crippen LogP contribution in [0.5, 0.6) is 0 Å². The summed E-state index contributed by atoms with van der Waals surface area (Å²) in [6, 6.07) is 8.48. The van der Waals surface area contributed by atoms with E-state index in [1.807, 2.05) is 30.1 Å². The quantitative estimate of drug-likeness (QED) is 0.904. The third-order valence-electron chi connectivity index (χ3n) is 4.66. The molecule has 1 N–H and O–H groups in total. The maximum Gasteiger partial charge on any atom is 0.256 e. The molecule has 2 unspecified atom stereocenters. The third kappa shape index (κ3) is 3.11. The number of carbonyl (C=O) groups is 1. The van der Waals surface area contributed by atoms with Crippen LogP contribution in [0.1, 0.15) is 36.5 Å². The van der Waals surface area contributed by atoms with Crippen molar-refractivity contribution in [2.24, 2.45) is 0 Å². The highest BCUT2D eigenvalue weighted by molar-refractivity contribution is 5.83. The molecule has 4 nitrogen and oxygen atoms in total. The molecule has 0 radical (unpaired) electrons. The molecule has 1 aromatic rings. The largest absolute Gasteiger partial charge is 0.363 e. The zero-order valence-electron chi connectivity index (χ0n) is 12.7. The lowest BCUT2D eigenvalue weighted by Crippen LogP contribution is -2.42. The first-order valence-corrected chi connectivity index (χ1v) is 7.94. The van der Waals surface area contributed by atoms with Crippen LogP contribution in [0, 0.1) is 0 Å². The van der Waals surface area contributed by atoms with Crippen LogP contribution < -0.4 is 5.32 Å². The number of likely N-dealkylation sites (N-methyl/N-ethyl adjacent to an activating group) is 1. The fraction of sp³-hybridized carbons (Fsp3) is 0.588. The number of benzene rings is 1. The van der Waals surface area contributed by atoms with Gasteiger partial charge in [0.05, 0.1) is 6.61 Å². The predicted octanol–water partition coefficient (Wildman–Crippen LogP) is 1.90. The summed E-state index contributed by atoms with van der Waals surface area (Å²) in [5.74, 6) is 0.106. The molecule has 21 heavy (non-hydrogen) atoms. The Balaban J connectivity index is 1.76. The summed E-state index contributed by atoms with van der Waals surface area (Å²) in [6.45, 7) is 2.68. The van der Waals surface area contributed by atoms with Crippen LogP contribution in [0.3, 0.4) is 0 Å². The normalized spacial score (nSPS) is 25.8. The predicted molar refractivity (Wildman–Crippen MR) is 82.1 cm³/mol. The summed E-state index contributed by atoms with van der Waals surface area (Å²) < 4.78 is 5.80. The van der Waals surface area contributed by atoms with Gasteiger partial charge in [-0.3, -0.25) is 4.79 Å². The molecular weight excluding hydrogens is 264 g/mol. The molecular formula is C17H24N2O2. The Labute approximate surface area is 126 Å². The Morgan fingerprint density at radius 1 is 1.29 bits per heavy atom. The summed E-state index contributed by atoms with van der Waals surface area (Å²) in [7, 11) is 1.93. The summed E-state index contributed by atoms with van der Waals surface area (Å²) in [6.07, 6.45) is 3.71. The van der Waals surface area contributed by atoms with Crippen LogP contribution in [0.2, 0.25) is 0 Å². The number of amides is 1. The van der Waals surface area contributed by atoms with Gasteiger partial charge in [0.25, 0.3) is 5.91 Å². The molecule has 2 atom stereocenters. The standard InChI is InChI=1S/C17H24N2O2/c1-19(14-6-4-10-18-11-8-14)17(20)16-15-7-3-2-5-13(15)9-12-21-16/h2-3,5,7,14,16,18H,4,6,8-12H2,1H3. The number of nitrogens with zero attached hydrogens (tertiary/aromatic N) is 1. The second-order valence-electron chi connectivity index (χ2n) is 5.98. The van der Waals surface area contributed by atoms with Crippen LogP contribution in [0.15, 0.2) is 24.3 Å². The number of rotatable bonds is 2. The second kappa shape index (κ2) is 6.58. The minimum Gasteiger partial charge on any atom is -0.363 e. The molecule has 2 aliphatic heterocycles. The molecule has 2 aliphatic rings. The van der Waals surface area contributed by atoms with E-state index < -0.39 is 6.10 Å². The summed E-state index contributed by atoms with van der Waals surface area (Å²) >= 11 is 0. The van der Waals surface area contributed by atoms with Gasteiger partial charge in [-0.1, -0.05) is 24.3 Å². The lowest BCUT2D eigenvalue weighted by molar-refractivity contribution is -0.146. The van der Waals surface area contributed by atoms with Gasteiger partial charge in [0.2, 0.25) is 0 Å². The van der Waals surface area contributed by atoms with Crippen molar-refractivity contribution in [3.8, 4) is 0 Å². The van der Waals surface area contributed by atoms with Gasteiger partial charge < -0.3 is 15.0 Å². The Hall–Kier alpha value is -1.39. The topological polar surface area (TPSA) is 41.6 Å². The maximum absolute atomic E-state index is 12.9. The molecule has 1 amide bonds. The van der Waals surface area contributed by atoms with Crippen molar-refractivity contribution in [3.05, 3.63) is 35.4 Å². The zero-order valence-corrected chi connectivity index (χ0v) is 12.7. The van der Waals surface area contributed by atoms with Gasteiger partial charge in [0.1, 0.15) is 0 Å². The monoisotopic (exact) mass is 288 g/mol. The molecule has 0 bridgehead atoms. The molecule has 3 rings (SSSR count). The van der Waals surface area contributed by atoms with E-state index in [1.165, 1.54) is 5.56 Å². The van der Waals surface area contributed by atoms with E-state index in [0.29, 0.717) is 12.6 Å². The Morgan fingerprint density at radius 2 is 2.14 bits per heavy atom. The fourth-order valence-corrected chi connectivity index (χ4v) is 3.35. The highest BCUT2D eigenvalue weighted by atomic mass is 16.5. The van der Waals surface area contributed by atoms with E-state index in [0.717, 1.165) is 44.3 Å². The maximum atomic E-state index is 12.9. The molecule has 1 saturated heterocycles. The van der Waals surface area contributed by atoms with Crippen molar-refractivity contribution < 1.29 is 9.53 Å². The summed E-state index contributed by atoms with van der Waals surface area (Å²) in [4.78, 5) is 14.8. The number of fused-ring (bicyclic) bond motifs is 1. The van der Waals surface area contributed by atoms with Crippen LogP contribution in [0.25, 0.3) is 0 Å². The smallest absolute Gasteiger partial charge is 0.256 e. The van der Waals surface area contributed by atoms with Gasteiger partial charge in [-0.2, -0.15) is 0 Å². The fourth-order valence-electron chi connectivity index (χ4n) is 3.35. The highest BCUT2D eigenvalue weighted by Gasteiger charge is 2.32. The van der Waals surface area contributed by atoms with Crippen molar-refractivity contribution in [2.75, 3.05) is 26.7 Å². The number of nitrogens with one attached hydrogen (secondary N) is 1. The summed E-state index contributed by atoms with van der Waals surface area (Å²) in [5, 5.41) is 3.40. The minimum absolute atomic E-state index is 0.106. The summed E-state index contributed by atoms with van der Waals surface area (Å²) in [5.41, 5.74) is 2.30. The highest BCUT2D eigenvalue weighted by Crippen LogP contribution is 2.29. The van der Waals surface area contributed by atoms with Gasteiger partial charge in [-0.05, 0) is 49.9 Å². The van der Waals surface area contributed by atoms with Crippen molar-refractivity contribution in [2.45, 2.75) is 37.8 Å². The van der Waals surface area contributed by atoms with E-state index in [2.05, 4.69) is 11.4 Å². The van der Waals surface area contributed by atoms with Crippen molar-refractivity contribution in [1.29, 1.82) is 0 Å². The van der Waals surface area contributed by atoms with Gasteiger partial charge in [0, 0.05) is 13.1 Å². The van der Waals surface area contributed by atoms with Crippen molar-refractivity contribution in [1.82, 2.24) is 10.2 Å². The number of ether oxygens (including phenoxy) is 1. The second-order valence-corrected chi connectivity index (χ2v) is 5.98. The molecule has 0 saturated carbocycles. The minimum atomic E-state index is -0.420. The van der Waals surface area contributed by atoms with E-state index in [9.17, 15) is 4.79 Å². The number of hydrogen-bond acceptors (Lipinski definition) is 3. The van der Waals surface area contributed by atoms with Gasteiger partial charge in [-0.25, -0.2) is 0 Å². The van der Waals surface area contributed by atoms with Gasteiger partial charge in [0.15, 0.2) is 6.10 Å². The van der Waals surface area contributed by atoms with Crippen LogP contribution in [0.4, 0.5) is 0 Å². The van der Waals surface area contributed by atoms with E-state index in [1.54, 1.807) is 0 Å². The molecule has 0 spiro atoms. The van der Waals surface area contributed by atoms with Crippen molar-refractivity contribution in [3.63, 3.8) is 0 Å². The Kier molecular flexibility index (Phi) is 4.56. The molecule has 1 fully saturated rings. The van der Waals surface area contributed by atoms with Gasteiger partial charge in [-0.15, -0.1) is 0 Å². The van der Waals surface area contributed by atoms with Crippen LogP contribution in [-0.4, -0.2) is 43.6 Å². The van der Waals surface area contributed by atoms with Gasteiger partial charge >= 0.3 is 0 Å². The SMILES string of the molecule is CN(C(=O)C1OCCc2ccccc21)C1CCCNCC1. The lowest BCUT2D eigenvalue weighted by Gasteiger charge is -2.33. The number of carbonyl (C=O) groups excluding carboxylic acids is 1. The van der Waals surface area contributed by atoms with E-state index >= 15 is 0 Å². The Morgan fingerprint density at radius 3 is 3.05 bits per heavy atom. The number of hydrogen-bond donors (Lipinski definition) is 1. The third-order valence-corrected chi connectivity index (χ3v) is 4.66. The first-order chi connectivity index (χ1) is 10.3.